The van der Waals surface area contributed by atoms with Gasteiger partial charge in [-0.05, 0) is 91.2 Å². The second kappa shape index (κ2) is 14.5. The normalized spacial score (nSPS) is 14.6. The molecule has 1 aliphatic rings. The summed E-state index contributed by atoms with van der Waals surface area (Å²) in [4.78, 5) is 32.6. The Morgan fingerprint density at radius 2 is 1.87 bits per heavy atom. The van der Waals surface area contributed by atoms with E-state index >= 15 is 0 Å². The third kappa shape index (κ3) is 7.05. The molecule has 1 aromatic heterocycles. The van der Waals surface area contributed by atoms with Crippen molar-refractivity contribution in [2.24, 2.45) is 4.99 Å². The fourth-order valence-electron chi connectivity index (χ4n) is 5.05. The van der Waals surface area contributed by atoms with Crippen molar-refractivity contribution in [3.05, 3.63) is 117 Å². The van der Waals surface area contributed by atoms with E-state index in [2.05, 4.69) is 20.9 Å². The van der Waals surface area contributed by atoms with Crippen LogP contribution in [0.25, 0.3) is 6.08 Å². The number of carbonyl (C=O) groups excluding carboxylic acids is 1. The number of methoxy groups -OCH3 is 1. The maximum atomic E-state index is 14.2. The van der Waals surface area contributed by atoms with Crippen LogP contribution in [0.5, 0.6) is 17.2 Å². The molecule has 5 rings (SSSR count). The maximum absolute atomic E-state index is 14.2. The van der Waals surface area contributed by atoms with E-state index in [9.17, 15) is 9.59 Å². The molecule has 2 heterocycles. The van der Waals surface area contributed by atoms with E-state index in [1.807, 2.05) is 50.2 Å². The lowest BCUT2D eigenvalue weighted by atomic mass is 9.95. The zero-order valence-corrected chi connectivity index (χ0v) is 29.6. The largest absolute Gasteiger partial charge is 0.493 e. The number of benzene rings is 3. The first-order chi connectivity index (χ1) is 22.0. The van der Waals surface area contributed by atoms with Gasteiger partial charge in [0.1, 0.15) is 18.4 Å². The molecule has 0 spiro atoms. The highest BCUT2D eigenvalue weighted by molar-refractivity contribution is 9.10. The molecule has 0 amide bonds. The van der Waals surface area contributed by atoms with Crippen LogP contribution < -0.4 is 29.1 Å². The number of ether oxygens (including phenoxy) is 4. The first-order valence-electron chi connectivity index (χ1n) is 14.4. The van der Waals surface area contributed by atoms with Crippen molar-refractivity contribution < 1.29 is 23.7 Å². The fraction of sp³-hybridized carbons (Fsp3) is 0.265. The molecule has 0 aliphatic carbocycles. The zero-order chi connectivity index (χ0) is 33.1. The van der Waals surface area contributed by atoms with Gasteiger partial charge in [0.05, 0.1) is 50.1 Å². The van der Waals surface area contributed by atoms with Gasteiger partial charge in [-0.3, -0.25) is 9.36 Å². The monoisotopic (exact) mass is 744 g/mol. The highest BCUT2D eigenvalue weighted by Gasteiger charge is 2.35. The van der Waals surface area contributed by atoms with Gasteiger partial charge in [0.15, 0.2) is 16.3 Å². The molecular formula is C34H31BrCl2N2O6S. The molecule has 0 bridgehead atoms. The van der Waals surface area contributed by atoms with Crippen LogP contribution in [0.3, 0.4) is 0 Å². The fourth-order valence-corrected chi connectivity index (χ4v) is 6.99. The lowest BCUT2D eigenvalue weighted by Crippen LogP contribution is -2.40. The van der Waals surface area contributed by atoms with Crippen molar-refractivity contribution in [3.63, 3.8) is 0 Å². The Labute approximate surface area is 288 Å². The molecule has 0 saturated heterocycles. The second-order valence-electron chi connectivity index (χ2n) is 10.6. The van der Waals surface area contributed by atoms with Gasteiger partial charge in [-0.25, -0.2) is 9.79 Å². The maximum Gasteiger partial charge on any atom is 0.338 e. The SMILES string of the molecule is CCOC(=O)C1=C(C)N=c2s/c(=C/c3cc(Br)c(OCc4ccc(Cl)c(Cl)c4)c(OC)c3)c(=O)n2[C@@H]1c1ccccc1OC(C)C. The molecule has 0 saturated carbocycles. The Morgan fingerprint density at radius 3 is 2.57 bits per heavy atom. The van der Waals surface area contributed by atoms with Crippen LogP contribution in [-0.2, 0) is 16.1 Å². The Kier molecular flexibility index (Phi) is 10.6. The van der Waals surface area contributed by atoms with Crippen molar-refractivity contribution in [1.29, 1.82) is 0 Å². The third-order valence-corrected chi connectivity index (χ3v) is 9.32. The van der Waals surface area contributed by atoms with Gasteiger partial charge in [-0.2, -0.15) is 0 Å². The highest BCUT2D eigenvalue weighted by Crippen LogP contribution is 2.38. The van der Waals surface area contributed by atoms with Crippen LogP contribution in [0.1, 0.15) is 50.4 Å². The molecule has 4 aromatic rings. The molecule has 46 heavy (non-hydrogen) atoms. The Morgan fingerprint density at radius 1 is 1.11 bits per heavy atom. The van der Waals surface area contributed by atoms with Crippen molar-refractivity contribution in [3.8, 4) is 17.2 Å². The summed E-state index contributed by atoms with van der Waals surface area (Å²) in [5.74, 6) is 0.987. The molecule has 240 valence electrons. The summed E-state index contributed by atoms with van der Waals surface area (Å²) in [7, 11) is 1.54. The summed E-state index contributed by atoms with van der Waals surface area (Å²) in [6, 6.07) is 15.5. The number of carbonyl (C=O) groups is 1. The van der Waals surface area contributed by atoms with Gasteiger partial charge in [0.25, 0.3) is 5.56 Å². The number of nitrogens with zero attached hydrogens (tertiary/aromatic N) is 2. The van der Waals surface area contributed by atoms with E-state index in [1.54, 1.807) is 49.8 Å². The van der Waals surface area contributed by atoms with Gasteiger partial charge in [0.2, 0.25) is 0 Å². The van der Waals surface area contributed by atoms with E-state index in [-0.39, 0.29) is 30.5 Å². The summed E-state index contributed by atoms with van der Waals surface area (Å²) < 4.78 is 25.9. The lowest BCUT2D eigenvalue weighted by molar-refractivity contribution is -0.139. The predicted molar refractivity (Wildman–Crippen MR) is 184 cm³/mol. The number of aromatic nitrogens is 1. The Balaban J connectivity index is 1.59. The molecule has 3 aromatic carbocycles. The number of esters is 1. The number of rotatable bonds is 10. The average molecular weight is 747 g/mol. The minimum Gasteiger partial charge on any atom is -0.493 e. The molecule has 0 N–H and O–H groups in total. The van der Waals surface area contributed by atoms with Gasteiger partial charge < -0.3 is 18.9 Å². The first-order valence-corrected chi connectivity index (χ1v) is 16.8. The zero-order valence-electron chi connectivity index (χ0n) is 25.7. The summed E-state index contributed by atoms with van der Waals surface area (Å²) in [5.41, 5.74) is 2.64. The molecule has 0 unspecified atom stereocenters. The van der Waals surface area contributed by atoms with Crippen LogP contribution in [0, 0.1) is 0 Å². The van der Waals surface area contributed by atoms with Crippen LogP contribution in [0.2, 0.25) is 10.0 Å². The predicted octanol–water partition coefficient (Wildman–Crippen LogP) is 7.24. The highest BCUT2D eigenvalue weighted by atomic mass is 79.9. The standard InChI is InChI=1S/C34H31BrCl2N2O6S/c1-6-43-33(41)29-19(4)38-34-39(30(29)22-9-7-8-10-26(22)45-18(2)3)32(40)28(46-34)16-21-13-23(35)31(27(15-21)42-5)44-17-20-11-12-24(36)25(37)14-20/h7-16,18,30H,6,17H2,1-5H3/b28-16+/t30-/m1/s1. The molecule has 1 aliphatic heterocycles. The van der Waals surface area contributed by atoms with E-state index < -0.39 is 12.0 Å². The van der Waals surface area contributed by atoms with Gasteiger partial charge in [-0.15, -0.1) is 0 Å². The van der Waals surface area contributed by atoms with Crippen molar-refractivity contribution in [1.82, 2.24) is 4.57 Å². The van der Waals surface area contributed by atoms with Crippen molar-refractivity contribution >= 4 is 62.5 Å². The number of allylic oxidation sites excluding steroid dienone is 1. The number of halogens is 3. The molecule has 12 heteroatoms. The molecular weight excluding hydrogens is 715 g/mol. The Bertz CT molecular complexity index is 2020. The summed E-state index contributed by atoms with van der Waals surface area (Å²) >= 11 is 17.0. The number of fused-ring (bicyclic) bond motifs is 1. The second-order valence-corrected chi connectivity index (χ2v) is 13.3. The van der Waals surface area contributed by atoms with Crippen LogP contribution in [0.15, 0.2) is 80.1 Å². The summed E-state index contributed by atoms with van der Waals surface area (Å²) in [6.45, 7) is 7.75. The Hall–Kier alpha value is -3.57. The van der Waals surface area contributed by atoms with E-state index in [1.165, 1.54) is 11.3 Å². The van der Waals surface area contributed by atoms with E-state index in [0.717, 1.165) is 5.56 Å². The lowest BCUT2D eigenvalue weighted by Gasteiger charge is -2.26. The van der Waals surface area contributed by atoms with Gasteiger partial charge in [0, 0.05) is 5.56 Å². The summed E-state index contributed by atoms with van der Waals surface area (Å²) in [5, 5.41) is 0.902. The topological polar surface area (TPSA) is 88.4 Å². The number of hydrogen-bond donors (Lipinski definition) is 0. The van der Waals surface area contributed by atoms with Gasteiger partial charge >= 0.3 is 5.97 Å². The number of thiazole rings is 1. The number of hydrogen-bond acceptors (Lipinski definition) is 8. The summed E-state index contributed by atoms with van der Waals surface area (Å²) in [6.07, 6.45) is 1.63. The molecule has 1 atom stereocenters. The average Bonchev–Trinajstić information content (AvgIpc) is 3.31. The molecule has 0 fully saturated rings. The first kappa shape index (κ1) is 33.8. The molecule has 8 nitrogen and oxygen atoms in total. The quantitative estimate of drug-likeness (QED) is 0.159. The van der Waals surface area contributed by atoms with Crippen LogP contribution in [0.4, 0.5) is 0 Å². The van der Waals surface area contributed by atoms with E-state index in [0.29, 0.717) is 57.9 Å². The van der Waals surface area contributed by atoms with Crippen molar-refractivity contribution in [2.75, 3.05) is 13.7 Å². The van der Waals surface area contributed by atoms with Crippen LogP contribution in [-0.4, -0.2) is 30.4 Å². The van der Waals surface area contributed by atoms with Gasteiger partial charge in [-0.1, -0.05) is 58.8 Å². The van der Waals surface area contributed by atoms with Crippen molar-refractivity contribution in [2.45, 2.75) is 46.4 Å². The molecule has 0 radical (unpaired) electrons. The minimum absolute atomic E-state index is 0.127. The third-order valence-electron chi connectivity index (χ3n) is 7.01. The number of para-hydroxylation sites is 1. The minimum atomic E-state index is -0.800. The van der Waals surface area contributed by atoms with E-state index in [4.69, 9.17) is 42.1 Å². The smallest absolute Gasteiger partial charge is 0.338 e. The van der Waals surface area contributed by atoms with Crippen LogP contribution >= 0.6 is 50.5 Å².